The van der Waals surface area contributed by atoms with Crippen molar-refractivity contribution in [1.82, 2.24) is 5.32 Å². The van der Waals surface area contributed by atoms with E-state index in [4.69, 9.17) is 11.6 Å². The van der Waals surface area contributed by atoms with E-state index in [1.54, 1.807) is 12.1 Å². The third-order valence-electron chi connectivity index (χ3n) is 3.04. The van der Waals surface area contributed by atoms with Gasteiger partial charge in [0.05, 0.1) is 5.02 Å². The van der Waals surface area contributed by atoms with Crippen LogP contribution in [0.15, 0.2) is 46.9 Å². The normalized spacial score (nSPS) is 12.4. The van der Waals surface area contributed by atoms with E-state index >= 15 is 0 Å². The summed E-state index contributed by atoms with van der Waals surface area (Å²) < 4.78 is 0.892. The minimum absolute atomic E-state index is 0.176. The van der Waals surface area contributed by atoms with Gasteiger partial charge >= 0.3 is 0 Å². The molecule has 1 atom stereocenters. The Bertz CT molecular complexity index is 574. The van der Waals surface area contributed by atoms with Crippen molar-refractivity contribution in [2.75, 3.05) is 7.05 Å². The molecule has 2 rings (SSSR count). The highest BCUT2D eigenvalue weighted by Crippen LogP contribution is 2.28. The van der Waals surface area contributed by atoms with Crippen molar-refractivity contribution in [2.24, 2.45) is 0 Å². The molecule has 0 heterocycles. The second-order valence-corrected chi connectivity index (χ2v) is 5.65. The van der Waals surface area contributed by atoms with Gasteiger partial charge in [0.15, 0.2) is 0 Å². The van der Waals surface area contributed by atoms with Crippen molar-refractivity contribution in [3.63, 3.8) is 0 Å². The Hall–Kier alpha value is -1.03. The van der Waals surface area contributed by atoms with Crippen molar-refractivity contribution >= 4 is 27.5 Å². The molecular formula is C15H15BrClNO. The van der Waals surface area contributed by atoms with Crippen molar-refractivity contribution < 1.29 is 5.11 Å². The summed E-state index contributed by atoms with van der Waals surface area (Å²) in [5.41, 5.74) is 2.24. The third kappa shape index (κ3) is 3.72. The molecule has 0 radical (unpaired) electrons. The van der Waals surface area contributed by atoms with Gasteiger partial charge in [0.1, 0.15) is 5.75 Å². The molecule has 0 aliphatic carbocycles. The van der Waals surface area contributed by atoms with Gasteiger partial charge in [-0.1, -0.05) is 29.8 Å². The number of halogens is 2. The molecule has 100 valence electrons. The first-order valence-corrected chi connectivity index (χ1v) is 7.17. The SMILES string of the molecule is CNC(Cc1cccc(O)c1)c1ccc(Cl)c(Br)c1. The molecule has 0 saturated heterocycles. The Morgan fingerprint density at radius 1 is 1.26 bits per heavy atom. The highest BCUT2D eigenvalue weighted by molar-refractivity contribution is 9.10. The highest BCUT2D eigenvalue weighted by Gasteiger charge is 2.11. The summed E-state index contributed by atoms with van der Waals surface area (Å²) in [5.74, 6) is 0.296. The van der Waals surface area contributed by atoms with E-state index in [2.05, 4.69) is 21.2 Å². The van der Waals surface area contributed by atoms with E-state index in [-0.39, 0.29) is 6.04 Å². The van der Waals surface area contributed by atoms with Crippen LogP contribution in [-0.4, -0.2) is 12.2 Å². The van der Waals surface area contributed by atoms with Gasteiger partial charge in [0, 0.05) is 10.5 Å². The van der Waals surface area contributed by atoms with Crippen LogP contribution >= 0.6 is 27.5 Å². The number of aromatic hydroxyl groups is 1. The molecule has 0 aromatic heterocycles. The lowest BCUT2D eigenvalue weighted by Crippen LogP contribution is -2.18. The Labute approximate surface area is 126 Å². The van der Waals surface area contributed by atoms with E-state index < -0.39 is 0 Å². The minimum atomic E-state index is 0.176. The lowest BCUT2D eigenvalue weighted by Gasteiger charge is -2.17. The van der Waals surface area contributed by atoms with Crippen LogP contribution < -0.4 is 5.32 Å². The van der Waals surface area contributed by atoms with Gasteiger partial charge in [0.2, 0.25) is 0 Å². The van der Waals surface area contributed by atoms with Crippen molar-refractivity contribution in [2.45, 2.75) is 12.5 Å². The van der Waals surface area contributed by atoms with Crippen LogP contribution in [0.1, 0.15) is 17.2 Å². The standard InChI is InChI=1S/C15H15BrClNO/c1-18-15(8-10-3-2-4-12(19)7-10)11-5-6-14(17)13(16)9-11/h2-7,9,15,18-19H,8H2,1H3. The van der Waals surface area contributed by atoms with Gasteiger partial charge < -0.3 is 10.4 Å². The van der Waals surface area contributed by atoms with E-state index in [0.717, 1.165) is 22.0 Å². The van der Waals surface area contributed by atoms with Gasteiger partial charge in [0.25, 0.3) is 0 Å². The molecule has 0 fully saturated rings. The zero-order valence-electron chi connectivity index (χ0n) is 10.5. The first-order valence-electron chi connectivity index (χ1n) is 6.00. The van der Waals surface area contributed by atoms with Gasteiger partial charge in [-0.3, -0.25) is 0 Å². The molecule has 0 aliphatic rings. The van der Waals surface area contributed by atoms with Gasteiger partial charge in [-0.2, -0.15) is 0 Å². The van der Waals surface area contributed by atoms with Gasteiger partial charge in [-0.05, 0) is 64.8 Å². The largest absolute Gasteiger partial charge is 0.508 e. The fourth-order valence-electron chi connectivity index (χ4n) is 2.03. The average Bonchev–Trinajstić information content (AvgIpc) is 2.39. The maximum absolute atomic E-state index is 9.50. The molecule has 0 spiro atoms. The Balaban J connectivity index is 2.22. The Kier molecular flexibility index (Phi) is 4.86. The smallest absolute Gasteiger partial charge is 0.115 e. The first-order chi connectivity index (χ1) is 9.10. The predicted octanol–water partition coefficient (Wildman–Crippen LogP) is 4.31. The number of likely N-dealkylation sites (N-methyl/N-ethyl adjacent to an activating group) is 1. The molecular weight excluding hydrogens is 326 g/mol. The molecule has 0 amide bonds. The number of phenols is 1. The molecule has 0 saturated carbocycles. The minimum Gasteiger partial charge on any atom is -0.508 e. The molecule has 0 bridgehead atoms. The summed E-state index contributed by atoms with van der Waals surface area (Å²) in [6, 6.07) is 13.4. The summed E-state index contributed by atoms with van der Waals surface area (Å²) in [5, 5.41) is 13.5. The molecule has 2 aromatic carbocycles. The summed E-state index contributed by atoms with van der Waals surface area (Å²) in [4.78, 5) is 0. The van der Waals surface area contributed by atoms with Crippen molar-refractivity contribution in [3.8, 4) is 5.75 Å². The number of rotatable bonds is 4. The Morgan fingerprint density at radius 2 is 2.05 bits per heavy atom. The van der Waals surface area contributed by atoms with Crippen LogP contribution in [-0.2, 0) is 6.42 Å². The lowest BCUT2D eigenvalue weighted by atomic mass is 9.99. The molecule has 19 heavy (non-hydrogen) atoms. The topological polar surface area (TPSA) is 32.3 Å². The summed E-state index contributed by atoms with van der Waals surface area (Å²) in [6.07, 6.45) is 0.805. The fraction of sp³-hybridized carbons (Fsp3) is 0.200. The molecule has 2 N–H and O–H groups in total. The van der Waals surface area contributed by atoms with Crippen LogP contribution in [0.5, 0.6) is 5.75 Å². The lowest BCUT2D eigenvalue weighted by molar-refractivity contribution is 0.473. The summed E-state index contributed by atoms with van der Waals surface area (Å²) in [7, 11) is 1.93. The van der Waals surface area contributed by atoms with Crippen LogP contribution in [0, 0.1) is 0 Å². The number of hydrogen-bond donors (Lipinski definition) is 2. The van der Waals surface area contributed by atoms with Crippen molar-refractivity contribution in [3.05, 3.63) is 63.1 Å². The second kappa shape index (κ2) is 6.42. The van der Waals surface area contributed by atoms with E-state index in [0.29, 0.717) is 10.8 Å². The maximum Gasteiger partial charge on any atom is 0.115 e. The zero-order valence-corrected chi connectivity index (χ0v) is 12.9. The van der Waals surface area contributed by atoms with Crippen LogP contribution in [0.25, 0.3) is 0 Å². The quantitative estimate of drug-likeness (QED) is 0.869. The first kappa shape index (κ1) is 14.4. The van der Waals surface area contributed by atoms with E-state index in [1.165, 1.54) is 0 Å². The molecule has 1 unspecified atom stereocenters. The number of hydrogen-bond acceptors (Lipinski definition) is 2. The average molecular weight is 341 g/mol. The van der Waals surface area contributed by atoms with Crippen LogP contribution in [0.4, 0.5) is 0 Å². The van der Waals surface area contributed by atoms with E-state index in [1.807, 2.05) is 37.4 Å². The molecule has 2 nitrogen and oxygen atoms in total. The Morgan fingerprint density at radius 3 is 2.68 bits per heavy atom. The van der Waals surface area contributed by atoms with Crippen LogP contribution in [0.2, 0.25) is 5.02 Å². The zero-order chi connectivity index (χ0) is 13.8. The number of nitrogens with one attached hydrogen (secondary N) is 1. The number of benzene rings is 2. The van der Waals surface area contributed by atoms with E-state index in [9.17, 15) is 5.11 Å². The number of phenolic OH excluding ortho intramolecular Hbond substituents is 1. The maximum atomic E-state index is 9.50. The second-order valence-electron chi connectivity index (χ2n) is 4.39. The molecule has 4 heteroatoms. The van der Waals surface area contributed by atoms with Crippen LogP contribution in [0.3, 0.4) is 0 Å². The van der Waals surface area contributed by atoms with Gasteiger partial charge in [-0.15, -0.1) is 0 Å². The summed E-state index contributed by atoms with van der Waals surface area (Å²) >= 11 is 9.45. The predicted molar refractivity (Wildman–Crippen MR) is 82.8 cm³/mol. The van der Waals surface area contributed by atoms with Crippen molar-refractivity contribution in [1.29, 1.82) is 0 Å². The molecule has 2 aromatic rings. The van der Waals surface area contributed by atoms with Gasteiger partial charge in [-0.25, -0.2) is 0 Å². The summed E-state index contributed by atoms with van der Waals surface area (Å²) in [6.45, 7) is 0. The molecule has 0 aliphatic heterocycles. The fourth-order valence-corrected chi connectivity index (χ4v) is 2.55. The highest BCUT2D eigenvalue weighted by atomic mass is 79.9. The third-order valence-corrected chi connectivity index (χ3v) is 4.26. The monoisotopic (exact) mass is 339 g/mol.